The van der Waals surface area contributed by atoms with E-state index >= 15 is 0 Å². The second-order valence-corrected chi connectivity index (χ2v) is 8.59. The summed E-state index contributed by atoms with van der Waals surface area (Å²) in [4.78, 5) is 31.0. The molecule has 3 aromatic rings. The van der Waals surface area contributed by atoms with Crippen LogP contribution in [0.4, 0.5) is 0 Å². The largest absolute Gasteiger partial charge is 0.339 e. The minimum atomic E-state index is 0.0618. The third-order valence-corrected chi connectivity index (χ3v) is 6.92. The van der Waals surface area contributed by atoms with E-state index in [9.17, 15) is 9.59 Å². The Morgan fingerprint density at radius 2 is 1.61 bits per heavy atom. The van der Waals surface area contributed by atoms with Crippen LogP contribution in [-0.4, -0.2) is 47.8 Å². The molecule has 2 aliphatic rings. The van der Waals surface area contributed by atoms with Crippen LogP contribution in [0.5, 0.6) is 0 Å². The molecule has 142 valence electrons. The van der Waals surface area contributed by atoms with Gasteiger partial charge in [-0.1, -0.05) is 42.5 Å². The van der Waals surface area contributed by atoms with Crippen LogP contribution in [0.1, 0.15) is 27.6 Å². The monoisotopic (exact) mass is 390 g/mol. The highest BCUT2D eigenvalue weighted by atomic mass is 32.1. The molecule has 0 radical (unpaired) electrons. The van der Waals surface area contributed by atoms with Gasteiger partial charge in [0.1, 0.15) is 0 Å². The number of rotatable bonds is 3. The van der Waals surface area contributed by atoms with E-state index in [4.69, 9.17) is 0 Å². The van der Waals surface area contributed by atoms with E-state index in [2.05, 4.69) is 17.5 Å². The number of hydrogen-bond donors (Lipinski definition) is 0. The fourth-order valence-corrected chi connectivity index (χ4v) is 5.14. The molecule has 4 nitrogen and oxygen atoms in total. The van der Waals surface area contributed by atoms with E-state index in [0.29, 0.717) is 32.1 Å². The Morgan fingerprint density at radius 3 is 2.39 bits per heavy atom. The molecule has 0 bridgehead atoms. The fraction of sp³-hybridized carbons (Fsp3) is 0.304. The Balaban J connectivity index is 1.23. The minimum Gasteiger partial charge on any atom is -0.339 e. The molecule has 2 atom stereocenters. The summed E-state index contributed by atoms with van der Waals surface area (Å²) in [5, 5.41) is 4.15. The van der Waals surface area contributed by atoms with Gasteiger partial charge in [-0.05, 0) is 34.7 Å². The SMILES string of the molecule is O=C(c1cccc2ccccc12)N1CCN(C(=O)[C@H]2C[C@H]2c2cccs2)CC1. The van der Waals surface area contributed by atoms with Crippen molar-refractivity contribution in [3.8, 4) is 0 Å². The summed E-state index contributed by atoms with van der Waals surface area (Å²) in [7, 11) is 0. The number of carbonyl (C=O) groups excluding carboxylic acids is 2. The Labute approximate surface area is 168 Å². The van der Waals surface area contributed by atoms with Gasteiger partial charge in [0.2, 0.25) is 5.91 Å². The Hall–Kier alpha value is -2.66. The molecule has 0 spiro atoms. The third kappa shape index (κ3) is 3.10. The summed E-state index contributed by atoms with van der Waals surface area (Å²) in [5.74, 6) is 0.865. The Bertz CT molecular complexity index is 1020. The summed E-state index contributed by atoms with van der Waals surface area (Å²) in [5.41, 5.74) is 0.748. The van der Waals surface area contributed by atoms with E-state index in [1.807, 2.05) is 52.3 Å². The molecule has 0 unspecified atom stereocenters. The highest BCUT2D eigenvalue weighted by Crippen LogP contribution is 2.50. The van der Waals surface area contributed by atoms with Gasteiger partial charge in [0, 0.05) is 48.5 Å². The van der Waals surface area contributed by atoms with Gasteiger partial charge in [0.25, 0.3) is 5.91 Å². The first-order valence-electron chi connectivity index (χ1n) is 9.81. The van der Waals surface area contributed by atoms with Crippen molar-refractivity contribution in [2.45, 2.75) is 12.3 Å². The van der Waals surface area contributed by atoms with Gasteiger partial charge in [0.05, 0.1) is 0 Å². The van der Waals surface area contributed by atoms with Crippen molar-refractivity contribution in [3.63, 3.8) is 0 Å². The molecule has 1 saturated carbocycles. The number of benzene rings is 2. The van der Waals surface area contributed by atoms with E-state index < -0.39 is 0 Å². The molecule has 1 saturated heterocycles. The molecule has 5 heteroatoms. The molecule has 2 amide bonds. The summed E-state index contributed by atoms with van der Waals surface area (Å²) in [6, 6.07) is 18.0. The van der Waals surface area contributed by atoms with Crippen molar-refractivity contribution in [2.75, 3.05) is 26.2 Å². The molecular weight excluding hydrogens is 368 g/mol. The first-order valence-corrected chi connectivity index (χ1v) is 10.7. The lowest BCUT2D eigenvalue weighted by atomic mass is 10.0. The molecule has 1 aromatic heterocycles. The molecule has 28 heavy (non-hydrogen) atoms. The number of nitrogens with zero attached hydrogens (tertiary/aromatic N) is 2. The maximum absolute atomic E-state index is 13.1. The second kappa shape index (κ2) is 7.06. The van der Waals surface area contributed by atoms with Crippen LogP contribution in [0.25, 0.3) is 10.8 Å². The standard InChI is InChI=1S/C23H22N2O2S/c26-22(18-8-3-6-16-5-1-2-7-17(16)18)24-10-12-25(13-11-24)23(27)20-15-19(20)21-9-4-14-28-21/h1-9,14,19-20H,10-13,15H2/t19-,20+/m1/s1. The number of amides is 2. The quantitative estimate of drug-likeness (QED) is 0.678. The van der Waals surface area contributed by atoms with Gasteiger partial charge in [-0.15, -0.1) is 11.3 Å². The van der Waals surface area contributed by atoms with Crippen molar-refractivity contribution in [1.29, 1.82) is 0 Å². The molecule has 2 heterocycles. The molecule has 2 aromatic carbocycles. The first kappa shape index (κ1) is 17.4. The van der Waals surface area contributed by atoms with Crippen LogP contribution >= 0.6 is 11.3 Å². The number of thiophene rings is 1. The molecule has 1 aliphatic carbocycles. The normalized spacial score (nSPS) is 21.7. The Morgan fingerprint density at radius 1 is 0.857 bits per heavy atom. The van der Waals surface area contributed by atoms with Crippen molar-refractivity contribution < 1.29 is 9.59 Å². The average molecular weight is 391 g/mol. The van der Waals surface area contributed by atoms with Crippen molar-refractivity contribution in [2.24, 2.45) is 5.92 Å². The molecule has 2 fully saturated rings. The zero-order chi connectivity index (χ0) is 19.1. The first-order chi connectivity index (χ1) is 13.7. The summed E-state index contributed by atoms with van der Waals surface area (Å²) in [6.07, 6.45) is 0.967. The fourth-order valence-electron chi connectivity index (χ4n) is 4.23. The summed E-state index contributed by atoms with van der Waals surface area (Å²) >= 11 is 1.74. The number of fused-ring (bicyclic) bond motifs is 1. The van der Waals surface area contributed by atoms with Crippen LogP contribution in [0.3, 0.4) is 0 Å². The minimum absolute atomic E-state index is 0.0618. The molecule has 0 N–H and O–H groups in total. The van der Waals surface area contributed by atoms with E-state index in [0.717, 1.165) is 22.8 Å². The topological polar surface area (TPSA) is 40.6 Å². The lowest BCUT2D eigenvalue weighted by Gasteiger charge is -2.35. The number of carbonyl (C=O) groups is 2. The molecule has 5 rings (SSSR count). The van der Waals surface area contributed by atoms with Gasteiger partial charge < -0.3 is 9.80 Å². The summed E-state index contributed by atoms with van der Waals surface area (Å²) < 4.78 is 0. The van der Waals surface area contributed by atoms with Gasteiger partial charge in [0.15, 0.2) is 0 Å². The van der Waals surface area contributed by atoms with Crippen LogP contribution in [0.2, 0.25) is 0 Å². The number of piperazine rings is 1. The Kier molecular flexibility index (Phi) is 4.40. The maximum Gasteiger partial charge on any atom is 0.254 e. The van der Waals surface area contributed by atoms with E-state index in [-0.39, 0.29) is 17.7 Å². The van der Waals surface area contributed by atoms with Crippen molar-refractivity contribution >= 4 is 33.9 Å². The predicted octanol–water partition coefficient (Wildman–Crippen LogP) is 3.99. The van der Waals surface area contributed by atoms with Crippen molar-refractivity contribution in [1.82, 2.24) is 9.80 Å². The highest BCUT2D eigenvalue weighted by Gasteiger charge is 2.46. The molecule has 1 aliphatic heterocycles. The van der Waals surface area contributed by atoms with E-state index in [1.54, 1.807) is 11.3 Å². The maximum atomic E-state index is 13.1. The lowest BCUT2D eigenvalue weighted by Crippen LogP contribution is -2.51. The van der Waals surface area contributed by atoms with E-state index in [1.165, 1.54) is 4.88 Å². The van der Waals surface area contributed by atoms with Crippen LogP contribution < -0.4 is 0 Å². The van der Waals surface area contributed by atoms with Gasteiger partial charge in [-0.3, -0.25) is 9.59 Å². The lowest BCUT2D eigenvalue weighted by molar-refractivity contribution is -0.134. The second-order valence-electron chi connectivity index (χ2n) is 7.61. The smallest absolute Gasteiger partial charge is 0.254 e. The molecular formula is C23H22N2O2S. The third-order valence-electron chi connectivity index (χ3n) is 5.91. The van der Waals surface area contributed by atoms with Crippen LogP contribution in [0, 0.1) is 5.92 Å². The van der Waals surface area contributed by atoms with Crippen LogP contribution in [-0.2, 0) is 4.79 Å². The summed E-state index contributed by atoms with van der Waals surface area (Å²) in [6.45, 7) is 2.46. The predicted molar refractivity (Wildman–Crippen MR) is 112 cm³/mol. The highest BCUT2D eigenvalue weighted by molar-refractivity contribution is 7.10. The van der Waals surface area contributed by atoms with Crippen LogP contribution in [0.15, 0.2) is 60.0 Å². The van der Waals surface area contributed by atoms with Gasteiger partial charge in [-0.25, -0.2) is 0 Å². The zero-order valence-corrected chi connectivity index (χ0v) is 16.4. The van der Waals surface area contributed by atoms with Crippen molar-refractivity contribution in [3.05, 3.63) is 70.4 Å². The number of hydrogen-bond acceptors (Lipinski definition) is 3. The van der Waals surface area contributed by atoms with Gasteiger partial charge in [-0.2, -0.15) is 0 Å². The van der Waals surface area contributed by atoms with Gasteiger partial charge >= 0.3 is 0 Å². The zero-order valence-electron chi connectivity index (χ0n) is 15.6. The average Bonchev–Trinajstić information content (AvgIpc) is 3.36.